The molecule has 0 radical (unpaired) electrons. The maximum absolute atomic E-state index is 13.9. The van der Waals surface area contributed by atoms with Gasteiger partial charge in [0.05, 0.1) is 50.2 Å². The number of carbonyl (C=O) groups is 3. The molecule has 23 nitrogen and oxygen atoms in total. The third-order valence-corrected chi connectivity index (χ3v) is 22.1. The van der Waals surface area contributed by atoms with E-state index in [1.807, 2.05) is 27.7 Å². The van der Waals surface area contributed by atoms with Gasteiger partial charge in [0.2, 0.25) is 0 Å². The third-order valence-electron chi connectivity index (χ3n) is 22.1. The highest BCUT2D eigenvalue weighted by molar-refractivity contribution is 5.95. The van der Waals surface area contributed by atoms with E-state index in [1.54, 1.807) is 39.8 Å². The van der Waals surface area contributed by atoms with Crippen LogP contribution in [0.3, 0.4) is 0 Å². The van der Waals surface area contributed by atoms with Gasteiger partial charge in [-0.1, -0.05) is 65.3 Å². The molecule has 8 aliphatic rings. The number of allylic oxidation sites excluding steroid dienone is 4. The van der Waals surface area contributed by atoms with Gasteiger partial charge in [0.25, 0.3) is 0 Å². The molecular formula is C58H90O23. The lowest BCUT2D eigenvalue weighted by Crippen LogP contribution is -2.75. The smallest absolute Gasteiger partial charge is 0.335 e. The highest BCUT2D eigenvalue weighted by atomic mass is 16.8. The molecule has 13 N–H and O–H groups in total. The molecule has 0 bridgehead atoms. The molecule has 0 aromatic rings. The first-order chi connectivity index (χ1) is 37.9. The normalized spacial score (nSPS) is 49.8. The first-order valence-corrected chi connectivity index (χ1v) is 28.6. The second-order valence-electron chi connectivity index (χ2n) is 26.3. The van der Waals surface area contributed by atoms with Crippen LogP contribution < -0.4 is 0 Å². The van der Waals surface area contributed by atoms with Crippen LogP contribution >= 0.6 is 0 Å². The number of Topliss-reactive ketones (excluding diaryl/α,β-unsaturated/α-hetero) is 1. The van der Waals surface area contributed by atoms with Crippen molar-refractivity contribution in [2.75, 3.05) is 26.4 Å². The van der Waals surface area contributed by atoms with E-state index < -0.39 is 193 Å². The van der Waals surface area contributed by atoms with Crippen molar-refractivity contribution < 1.29 is 114 Å². The van der Waals surface area contributed by atoms with Crippen LogP contribution in [-0.2, 0) is 47.5 Å². The topological polar surface area (TPSA) is 379 Å². The number of rotatable bonds is 16. The first kappa shape index (κ1) is 64.1. The molecule has 460 valence electrons. The fourth-order valence-corrected chi connectivity index (χ4v) is 16.7. The molecule has 27 atom stereocenters. The number of aliphatic hydroxyl groups is 12. The number of ketones is 1. The van der Waals surface area contributed by atoms with Gasteiger partial charge < -0.3 is 99.5 Å². The van der Waals surface area contributed by atoms with E-state index in [9.17, 15) is 80.8 Å². The van der Waals surface area contributed by atoms with Gasteiger partial charge in [0, 0.05) is 28.7 Å². The predicted octanol–water partition coefficient (Wildman–Crippen LogP) is -0.101. The summed E-state index contributed by atoms with van der Waals surface area (Å²) in [5, 5.41) is 146. The minimum atomic E-state index is -2.17. The van der Waals surface area contributed by atoms with Gasteiger partial charge in [-0.25, -0.2) is 9.59 Å². The van der Waals surface area contributed by atoms with Gasteiger partial charge in [-0.3, -0.25) is 4.79 Å². The van der Waals surface area contributed by atoms with E-state index in [4.69, 9.17) is 33.2 Å². The highest BCUT2D eigenvalue weighted by Crippen LogP contribution is 2.76. The molecule has 9 unspecified atom stereocenters. The summed E-state index contributed by atoms with van der Waals surface area (Å²) in [7, 11) is 0. The average molecular weight is 1160 g/mol. The van der Waals surface area contributed by atoms with Crippen LogP contribution in [0, 0.1) is 56.2 Å². The monoisotopic (exact) mass is 1150 g/mol. The Morgan fingerprint density at radius 3 is 1.80 bits per heavy atom. The molecule has 5 aliphatic carbocycles. The molecule has 0 spiro atoms. The van der Waals surface area contributed by atoms with Crippen molar-refractivity contribution in [2.45, 2.75) is 225 Å². The number of hydrogen-bond donors (Lipinski definition) is 13. The van der Waals surface area contributed by atoms with Crippen LogP contribution in [0.5, 0.6) is 0 Å². The molecule has 0 aromatic heterocycles. The number of aliphatic carboxylic acids is 1. The van der Waals surface area contributed by atoms with E-state index in [2.05, 4.69) is 19.9 Å². The minimum Gasteiger partial charge on any atom is -0.479 e. The molecule has 8 rings (SSSR count). The summed E-state index contributed by atoms with van der Waals surface area (Å²) < 4.78 is 42.8. The van der Waals surface area contributed by atoms with Crippen molar-refractivity contribution in [3.05, 3.63) is 34.9 Å². The fraction of sp³-hybridized carbons (Fsp3) is 0.845. The standard InChI is InChI=1S/C58H90O23/c1-11-25(3)30(63)19-28-47(81-49(74)26(4)12-2)58(24-62)29(20-53(28,5)6)27-13-14-34-54(7)17-16-35(55(8,23-61)33(54)15-18-56(34,9)57(27,10)45(70)46(58)71)77-52-44(80-51-40(68)38(66)36(64)31(21-59)75-51)42(41(69)43(79-52)48(72)73)78-50-39(67)37(65)32(22-60)76-50/h11-13,28-29,31-47,50-52,59-62,64-71H,14-24H2,1-10H3,(H,72,73)/t28-,29?,31?,32-,33?,34?,35?,36+,37?,38+,39-,40?,41-,42+,43?,44?,45-,46+,47-,50-,51-,52+,54-,55+,56+,57-,58-/m0/s1. The Morgan fingerprint density at radius 1 is 0.667 bits per heavy atom. The van der Waals surface area contributed by atoms with Crippen LogP contribution in [0.4, 0.5) is 0 Å². The summed E-state index contributed by atoms with van der Waals surface area (Å²) in [4.78, 5) is 40.6. The second-order valence-corrected chi connectivity index (χ2v) is 26.3. The van der Waals surface area contributed by atoms with Crippen LogP contribution in [-0.4, -0.2) is 221 Å². The Hall–Kier alpha value is -2.89. The third kappa shape index (κ3) is 10.0. The number of ether oxygens (including phenoxy) is 7. The minimum absolute atomic E-state index is 0.0386. The molecule has 23 heteroatoms. The fourth-order valence-electron chi connectivity index (χ4n) is 16.7. The molecule has 0 aromatic carbocycles. The maximum Gasteiger partial charge on any atom is 0.335 e. The second kappa shape index (κ2) is 23.4. The van der Waals surface area contributed by atoms with Crippen LogP contribution in [0.15, 0.2) is 34.9 Å². The Bertz CT molecular complexity index is 2410. The molecule has 3 aliphatic heterocycles. The Labute approximate surface area is 472 Å². The van der Waals surface area contributed by atoms with Crippen LogP contribution in [0.25, 0.3) is 0 Å². The van der Waals surface area contributed by atoms with Crippen molar-refractivity contribution in [2.24, 2.45) is 56.2 Å². The highest BCUT2D eigenvalue weighted by Gasteiger charge is 2.76. The molecule has 81 heavy (non-hydrogen) atoms. The number of esters is 1. The lowest BCUT2D eigenvalue weighted by atomic mass is 9.32. The maximum atomic E-state index is 13.9. The van der Waals surface area contributed by atoms with Crippen molar-refractivity contribution in [1.82, 2.24) is 0 Å². The number of carboxylic acids is 1. The summed E-state index contributed by atoms with van der Waals surface area (Å²) in [5.41, 5.74) is -4.47. The van der Waals surface area contributed by atoms with Gasteiger partial charge in [-0.2, -0.15) is 0 Å². The van der Waals surface area contributed by atoms with Gasteiger partial charge >= 0.3 is 11.9 Å². The zero-order chi connectivity index (χ0) is 60.0. The lowest BCUT2D eigenvalue weighted by Gasteiger charge is -2.73. The molecule has 4 saturated carbocycles. The number of fused-ring (bicyclic) bond motifs is 7. The van der Waals surface area contributed by atoms with Gasteiger partial charge in [0.1, 0.15) is 67.1 Å². The van der Waals surface area contributed by atoms with Gasteiger partial charge in [-0.15, -0.1) is 0 Å². The summed E-state index contributed by atoms with van der Waals surface area (Å²) >= 11 is 0. The Balaban J connectivity index is 1.15. The van der Waals surface area contributed by atoms with E-state index in [0.717, 1.165) is 5.57 Å². The van der Waals surface area contributed by atoms with E-state index in [-0.39, 0.29) is 30.5 Å². The van der Waals surface area contributed by atoms with Crippen molar-refractivity contribution in [3.8, 4) is 0 Å². The van der Waals surface area contributed by atoms with E-state index in [1.165, 1.54) is 0 Å². The first-order valence-electron chi connectivity index (χ1n) is 28.6. The molecule has 3 heterocycles. The molecular weight excluding hydrogens is 1060 g/mol. The number of aliphatic hydroxyl groups excluding tert-OH is 12. The summed E-state index contributed by atoms with van der Waals surface area (Å²) in [6, 6.07) is 0. The SMILES string of the molecule is CC=C(C)C(=O)C[C@H]1[C@H](OC(=O)C(C)=CC)[C@@]2(CO)C(CC1(C)C)C1=CCC3[C@@]4(C)CCC(O[C@@H]5OC(C(=O)O)[C@@H](O)[C@@H](O[C@@H]6O[C@@H](CO)C(O)[C@@H]6O)C5O[C@@H]5OC(CO)[C@@H](O)[C@@H](O)C5O)[C@](C)(CO)C4CC[C@@]3(C)[C@]1(C)[C@@H](O)[C@H]2O. The Morgan fingerprint density at radius 2 is 1.25 bits per heavy atom. The average Bonchev–Trinajstić information content (AvgIpc) is 1.99. The van der Waals surface area contributed by atoms with Crippen LogP contribution in [0.2, 0.25) is 0 Å². The zero-order valence-corrected chi connectivity index (χ0v) is 48.1. The quantitative estimate of drug-likeness (QED) is 0.0415. The Kier molecular flexibility index (Phi) is 18.5. The summed E-state index contributed by atoms with van der Waals surface area (Å²) in [6.07, 6.45) is -23.7. The van der Waals surface area contributed by atoms with Gasteiger partial charge in [0.15, 0.2) is 30.8 Å². The molecule has 3 saturated heterocycles. The van der Waals surface area contributed by atoms with Crippen molar-refractivity contribution in [1.29, 1.82) is 0 Å². The molecule has 7 fully saturated rings. The van der Waals surface area contributed by atoms with Gasteiger partial charge in [-0.05, 0) is 106 Å². The zero-order valence-electron chi connectivity index (χ0n) is 48.1. The van der Waals surface area contributed by atoms with Crippen LogP contribution in [0.1, 0.15) is 114 Å². The van der Waals surface area contributed by atoms with Crippen molar-refractivity contribution in [3.63, 3.8) is 0 Å². The van der Waals surface area contributed by atoms with E-state index in [0.29, 0.717) is 43.3 Å². The lowest BCUT2D eigenvalue weighted by molar-refractivity contribution is -0.387. The number of carbonyl (C=O) groups excluding carboxylic acids is 2. The van der Waals surface area contributed by atoms with Crippen molar-refractivity contribution >= 4 is 17.7 Å². The summed E-state index contributed by atoms with van der Waals surface area (Å²) in [5.74, 6) is -4.45. The largest absolute Gasteiger partial charge is 0.479 e. The summed E-state index contributed by atoms with van der Waals surface area (Å²) in [6.45, 7) is 16.1. The number of carboxylic acid groups (broad SMARTS) is 1. The van der Waals surface area contributed by atoms with E-state index >= 15 is 0 Å². The predicted molar refractivity (Wildman–Crippen MR) is 281 cm³/mol. The molecule has 0 amide bonds. The number of hydrogen-bond acceptors (Lipinski definition) is 22.